The van der Waals surface area contributed by atoms with Crippen LogP contribution in [0.15, 0.2) is 47.1 Å². The maximum absolute atomic E-state index is 10.9. The highest BCUT2D eigenvalue weighted by atomic mass is 79.9. The number of ether oxygens (including phenoxy) is 1. The smallest absolute Gasteiger partial charge is 0.358 e. The first-order valence-corrected chi connectivity index (χ1v) is 6.02. The highest BCUT2D eigenvalue weighted by Crippen LogP contribution is 2.20. The topological polar surface area (TPSA) is 59.4 Å². The Morgan fingerprint density at radius 3 is 2.78 bits per heavy atom. The minimum Gasteiger partial charge on any atom is -0.486 e. The molecule has 1 aromatic heterocycles. The molecule has 0 aliphatic rings. The zero-order chi connectivity index (χ0) is 13.0. The minimum absolute atomic E-state index is 0.0791. The number of benzene rings is 1. The molecule has 2 aromatic rings. The maximum atomic E-state index is 10.9. The first kappa shape index (κ1) is 12.6. The number of halogens is 1. The number of hydrogen-bond donors (Lipinski definition) is 1. The summed E-state index contributed by atoms with van der Waals surface area (Å²) in [5.74, 6) is -0.835. The summed E-state index contributed by atoms with van der Waals surface area (Å²) in [5, 5.41) is 8.97. The molecular weight excluding hydrogens is 298 g/mol. The van der Waals surface area contributed by atoms with E-state index in [1.807, 2.05) is 24.3 Å². The Kier molecular flexibility index (Phi) is 3.94. The molecule has 0 fully saturated rings. The molecule has 92 valence electrons. The van der Waals surface area contributed by atoms with Crippen molar-refractivity contribution in [3.05, 3.63) is 58.3 Å². The summed E-state index contributed by atoms with van der Waals surface area (Å²) in [4.78, 5) is 14.7. The van der Waals surface area contributed by atoms with Crippen LogP contribution < -0.4 is 4.74 Å². The van der Waals surface area contributed by atoms with Crippen LogP contribution in [0, 0.1) is 0 Å². The highest BCUT2D eigenvalue weighted by molar-refractivity contribution is 9.10. The summed E-state index contributed by atoms with van der Waals surface area (Å²) in [6.45, 7) is 0.285. The SMILES string of the molecule is O=C(O)c1ncccc1OCc1ccccc1Br. The van der Waals surface area contributed by atoms with Crippen molar-refractivity contribution in [2.75, 3.05) is 0 Å². The van der Waals surface area contributed by atoms with Gasteiger partial charge < -0.3 is 9.84 Å². The van der Waals surface area contributed by atoms with Gasteiger partial charge in [-0.25, -0.2) is 9.78 Å². The zero-order valence-electron chi connectivity index (χ0n) is 9.34. The minimum atomic E-state index is -1.10. The second kappa shape index (κ2) is 5.64. The molecule has 0 unspecified atom stereocenters. The lowest BCUT2D eigenvalue weighted by molar-refractivity contribution is 0.0685. The predicted molar refractivity (Wildman–Crippen MR) is 69.7 cm³/mol. The number of aromatic nitrogens is 1. The van der Waals surface area contributed by atoms with Gasteiger partial charge in [-0.05, 0) is 18.2 Å². The number of hydrogen-bond acceptors (Lipinski definition) is 3. The van der Waals surface area contributed by atoms with Crippen LogP contribution in [-0.4, -0.2) is 16.1 Å². The molecule has 1 N–H and O–H groups in total. The van der Waals surface area contributed by atoms with Crippen molar-refractivity contribution in [1.29, 1.82) is 0 Å². The van der Waals surface area contributed by atoms with E-state index >= 15 is 0 Å². The molecule has 5 heteroatoms. The van der Waals surface area contributed by atoms with E-state index in [0.29, 0.717) is 0 Å². The van der Waals surface area contributed by atoms with E-state index < -0.39 is 5.97 Å². The van der Waals surface area contributed by atoms with Gasteiger partial charge in [-0.3, -0.25) is 0 Å². The van der Waals surface area contributed by atoms with E-state index in [2.05, 4.69) is 20.9 Å². The van der Waals surface area contributed by atoms with Gasteiger partial charge in [-0.1, -0.05) is 34.1 Å². The quantitative estimate of drug-likeness (QED) is 0.943. The Morgan fingerprint density at radius 1 is 1.28 bits per heavy atom. The molecule has 0 amide bonds. The molecular formula is C13H10BrNO3. The molecule has 0 spiro atoms. The van der Waals surface area contributed by atoms with Crippen LogP contribution in [0.4, 0.5) is 0 Å². The number of carbonyl (C=O) groups is 1. The van der Waals surface area contributed by atoms with Crippen LogP contribution in [0.25, 0.3) is 0 Å². The van der Waals surface area contributed by atoms with Crippen LogP contribution >= 0.6 is 15.9 Å². The fourth-order valence-corrected chi connectivity index (χ4v) is 1.84. The van der Waals surface area contributed by atoms with Gasteiger partial charge in [0.1, 0.15) is 6.61 Å². The Balaban J connectivity index is 2.16. The molecule has 0 saturated heterocycles. The lowest BCUT2D eigenvalue weighted by Crippen LogP contribution is -2.05. The molecule has 0 atom stereocenters. The summed E-state index contributed by atoms with van der Waals surface area (Å²) in [6.07, 6.45) is 1.43. The van der Waals surface area contributed by atoms with E-state index in [1.54, 1.807) is 12.1 Å². The Hall–Kier alpha value is -1.88. The van der Waals surface area contributed by atoms with E-state index in [-0.39, 0.29) is 18.1 Å². The molecule has 18 heavy (non-hydrogen) atoms. The third kappa shape index (κ3) is 2.87. The average molecular weight is 308 g/mol. The number of carboxylic acids is 1. The molecule has 0 bridgehead atoms. The van der Waals surface area contributed by atoms with Gasteiger partial charge in [-0.15, -0.1) is 0 Å². The van der Waals surface area contributed by atoms with Gasteiger partial charge in [0.05, 0.1) is 0 Å². The van der Waals surface area contributed by atoms with E-state index in [9.17, 15) is 4.79 Å². The largest absolute Gasteiger partial charge is 0.486 e. The fraction of sp³-hybridized carbons (Fsp3) is 0.0769. The van der Waals surface area contributed by atoms with Crippen molar-refractivity contribution in [2.24, 2.45) is 0 Å². The fourth-order valence-electron chi connectivity index (χ4n) is 1.44. The van der Waals surface area contributed by atoms with Gasteiger partial charge >= 0.3 is 5.97 Å². The molecule has 0 aliphatic heterocycles. The monoisotopic (exact) mass is 307 g/mol. The number of pyridine rings is 1. The molecule has 0 aliphatic carbocycles. The van der Waals surface area contributed by atoms with Crippen molar-refractivity contribution in [3.63, 3.8) is 0 Å². The molecule has 1 aromatic carbocycles. The maximum Gasteiger partial charge on any atom is 0.358 e. The van der Waals surface area contributed by atoms with E-state index in [4.69, 9.17) is 9.84 Å². The van der Waals surface area contributed by atoms with Crippen molar-refractivity contribution in [2.45, 2.75) is 6.61 Å². The number of aromatic carboxylic acids is 1. The number of carboxylic acid groups (broad SMARTS) is 1. The van der Waals surface area contributed by atoms with Crippen molar-refractivity contribution in [3.8, 4) is 5.75 Å². The predicted octanol–water partition coefficient (Wildman–Crippen LogP) is 3.12. The van der Waals surface area contributed by atoms with Crippen LogP contribution in [0.3, 0.4) is 0 Å². The molecule has 2 rings (SSSR count). The molecule has 4 nitrogen and oxygen atoms in total. The average Bonchev–Trinajstić information content (AvgIpc) is 2.38. The van der Waals surface area contributed by atoms with E-state index in [0.717, 1.165) is 10.0 Å². The van der Waals surface area contributed by atoms with Crippen LogP contribution in [0.2, 0.25) is 0 Å². The number of rotatable bonds is 4. The molecule has 1 heterocycles. The van der Waals surface area contributed by atoms with Crippen molar-refractivity contribution >= 4 is 21.9 Å². The van der Waals surface area contributed by atoms with Crippen LogP contribution in [-0.2, 0) is 6.61 Å². The Morgan fingerprint density at radius 2 is 2.06 bits per heavy atom. The normalized spacial score (nSPS) is 10.1. The Labute approximate surface area is 112 Å². The van der Waals surface area contributed by atoms with Gasteiger partial charge in [0, 0.05) is 16.2 Å². The summed E-state index contributed by atoms with van der Waals surface area (Å²) >= 11 is 3.41. The van der Waals surface area contributed by atoms with E-state index in [1.165, 1.54) is 6.20 Å². The first-order valence-electron chi connectivity index (χ1n) is 5.23. The third-order valence-corrected chi connectivity index (χ3v) is 3.09. The lowest BCUT2D eigenvalue weighted by Gasteiger charge is -2.09. The Bertz CT molecular complexity index is 572. The number of nitrogens with zero attached hydrogens (tertiary/aromatic N) is 1. The second-order valence-corrected chi connectivity index (χ2v) is 4.39. The van der Waals surface area contributed by atoms with Gasteiger partial charge in [0.25, 0.3) is 0 Å². The van der Waals surface area contributed by atoms with Gasteiger partial charge in [-0.2, -0.15) is 0 Å². The summed E-state index contributed by atoms with van der Waals surface area (Å²) in [6, 6.07) is 10.8. The second-order valence-electron chi connectivity index (χ2n) is 3.54. The summed E-state index contributed by atoms with van der Waals surface area (Å²) < 4.78 is 6.41. The van der Waals surface area contributed by atoms with Crippen LogP contribution in [0.1, 0.15) is 16.1 Å². The van der Waals surface area contributed by atoms with Crippen molar-refractivity contribution < 1.29 is 14.6 Å². The lowest BCUT2D eigenvalue weighted by atomic mass is 10.2. The van der Waals surface area contributed by atoms with Crippen molar-refractivity contribution in [1.82, 2.24) is 4.98 Å². The molecule has 0 saturated carbocycles. The first-order chi connectivity index (χ1) is 8.68. The summed E-state index contributed by atoms with van der Waals surface area (Å²) in [5.41, 5.74) is 0.863. The van der Waals surface area contributed by atoms with Crippen LogP contribution in [0.5, 0.6) is 5.75 Å². The zero-order valence-corrected chi connectivity index (χ0v) is 10.9. The summed E-state index contributed by atoms with van der Waals surface area (Å²) in [7, 11) is 0. The standard InChI is InChI=1S/C13H10BrNO3/c14-10-5-2-1-4-9(10)8-18-11-6-3-7-15-12(11)13(16)17/h1-7H,8H2,(H,16,17). The third-order valence-electron chi connectivity index (χ3n) is 2.31. The van der Waals surface area contributed by atoms with Gasteiger partial charge in [0.15, 0.2) is 11.4 Å². The van der Waals surface area contributed by atoms with Gasteiger partial charge in [0.2, 0.25) is 0 Å². The highest BCUT2D eigenvalue weighted by Gasteiger charge is 2.12. The molecule has 0 radical (unpaired) electrons.